The fraction of sp³-hybridized carbons (Fsp3) is 0.375. The van der Waals surface area contributed by atoms with Crippen LogP contribution in [-0.4, -0.2) is 31.6 Å². The molecule has 2 aromatic rings. The van der Waals surface area contributed by atoms with E-state index in [2.05, 4.69) is 20.3 Å². The van der Waals surface area contributed by atoms with Gasteiger partial charge in [-0.05, 0) is 45.2 Å². The number of nitrogens with one attached hydrogen (secondary N) is 1. The predicted molar refractivity (Wildman–Crippen MR) is 89.9 cm³/mol. The lowest BCUT2D eigenvalue weighted by Gasteiger charge is -2.23. The van der Waals surface area contributed by atoms with Crippen LogP contribution in [0.25, 0.3) is 11.5 Å². The van der Waals surface area contributed by atoms with Gasteiger partial charge in [0.2, 0.25) is 0 Å². The fourth-order valence-corrected chi connectivity index (χ4v) is 2.49. The molecule has 6 nitrogen and oxygen atoms in total. The SMILES string of the molecule is CC(C)(Nc1nc(-c2ccccn2)nc2c1CCC2)C(=O)O.Cl. The van der Waals surface area contributed by atoms with E-state index in [4.69, 9.17) is 0 Å². The summed E-state index contributed by atoms with van der Waals surface area (Å²) in [5.74, 6) is 0.220. The number of anilines is 1. The summed E-state index contributed by atoms with van der Waals surface area (Å²) in [5.41, 5.74) is 1.60. The molecule has 122 valence electrons. The summed E-state index contributed by atoms with van der Waals surface area (Å²) in [6, 6.07) is 5.57. The lowest BCUT2D eigenvalue weighted by atomic mass is 10.1. The van der Waals surface area contributed by atoms with Crippen LogP contribution in [0.1, 0.15) is 31.5 Å². The van der Waals surface area contributed by atoms with E-state index in [1.165, 1.54) is 0 Å². The molecule has 2 aromatic heterocycles. The molecule has 0 aromatic carbocycles. The van der Waals surface area contributed by atoms with Crippen LogP contribution >= 0.6 is 12.4 Å². The first kappa shape index (κ1) is 17.1. The molecule has 0 saturated carbocycles. The molecule has 1 aliphatic carbocycles. The number of rotatable bonds is 4. The highest BCUT2D eigenvalue weighted by Crippen LogP contribution is 2.30. The Hall–Kier alpha value is -2.21. The van der Waals surface area contributed by atoms with Crippen molar-refractivity contribution < 1.29 is 9.90 Å². The van der Waals surface area contributed by atoms with Crippen LogP contribution in [0.4, 0.5) is 5.82 Å². The van der Waals surface area contributed by atoms with Crippen LogP contribution in [0.3, 0.4) is 0 Å². The number of aromatic nitrogens is 3. The molecule has 0 saturated heterocycles. The molecule has 3 rings (SSSR count). The van der Waals surface area contributed by atoms with Gasteiger partial charge >= 0.3 is 5.97 Å². The molecule has 0 amide bonds. The van der Waals surface area contributed by atoms with Gasteiger partial charge in [0.25, 0.3) is 0 Å². The van der Waals surface area contributed by atoms with Gasteiger partial charge in [0.15, 0.2) is 5.82 Å². The second-order valence-corrected chi connectivity index (χ2v) is 5.94. The van der Waals surface area contributed by atoms with Gasteiger partial charge in [0, 0.05) is 17.5 Å². The Morgan fingerprint density at radius 1 is 1.26 bits per heavy atom. The Morgan fingerprint density at radius 3 is 2.70 bits per heavy atom. The number of hydrogen-bond acceptors (Lipinski definition) is 5. The van der Waals surface area contributed by atoms with Crippen LogP contribution in [0, 0.1) is 0 Å². The minimum absolute atomic E-state index is 0. The number of carboxylic acid groups (broad SMARTS) is 1. The molecule has 2 heterocycles. The summed E-state index contributed by atoms with van der Waals surface area (Å²) in [7, 11) is 0. The number of aliphatic carboxylic acids is 1. The van der Waals surface area contributed by atoms with Gasteiger partial charge in [0.1, 0.15) is 17.1 Å². The summed E-state index contributed by atoms with van der Waals surface area (Å²) in [5, 5.41) is 12.4. The van der Waals surface area contributed by atoms with Crippen molar-refractivity contribution in [3.05, 3.63) is 35.7 Å². The maximum absolute atomic E-state index is 11.4. The van der Waals surface area contributed by atoms with Gasteiger partial charge in [-0.15, -0.1) is 12.4 Å². The van der Waals surface area contributed by atoms with Gasteiger partial charge in [-0.3, -0.25) is 4.98 Å². The fourth-order valence-electron chi connectivity index (χ4n) is 2.49. The van der Waals surface area contributed by atoms with E-state index >= 15 is 0 Å². The molecule has 0 bridgehead atoms. The van der Waals surface area contributed by atoms with Crippen molar-refractivity contribution in [2.75, 3.05) is 5.32 Å². The van der Waals surface area contributed by atoms with E-state index < -0.39 is 11.5 Å². The third-order valence-electron chi connectivity index (χ3n) is 3.79. The van der Waals surface area contributed by atoms with Crippen LogP contribution in [-0.2, 0) is 17.6 Å². The zero-order valence-corrected chi connectivity index (χ0v) is 13.9. The average molecular weight is 335 g/mol. The van der Waals surface area contributed by atoms with E-state index in [1.807, 2.05) is 18.2 Å². The molecule has 23 heavy (non-hydrogen) atoms. The number of carbonyl (C=O) groups is 1. The highest BCUT2D eigenvalue weighted by Gasteiger charge is 2.30. The Balaban J connectivity index is 0.00000192. The highest BCUT2D eigenvalue weighted by molar-refractivity contribution is 5.85. The van der Waals surface area contributed by atoms with E-state index in [0.717, 1.165) is 30.5 Å². The van der Waals surface area contributed by atoms with Crippen molar-refractivity contribution in [3.63, 3.8) is 0 Å². The maximum atomic E-state index is 11.4. The molecule has 0 aliphatic heterocycles. The smallest absolute Gasteiger partial charge is 0.328 e. The summed E-state index contributed by atoms with van der Waals surface area (Å²) in [6.07, 6.45) is 4.47. The van der Waals surface area contributed by atoms with E-state index in [1.54, 1.807) is 20.0 Å². The van der Waals surface area contributed by atoms with Crippen molar-refractivity contribution in [1.82, 2.24) is 15.0 Å². The molecular formula is C16H19ClN4O2. The first-order valence-corrected chi connectivity index (χ1v) is 7.30. The number of nitrogens with zero attached hydrogens (tertiary/aromatic N) is 3. The molecule has 0 radical (unpaired) electrons. The number of halogens is 1. The Bertz CT molecular complexity index is 720. The number of carboxylic acids is 1. The van der Waals surface area contributed by atoms with E-state index in [-0.39, 0.29) is 12.4 Å². The number of hydrogen-bond donors (Lipinski definition) is 2. The van der Waals surface area contributed by atoms with Gasteiger partial charge in [0.05, 0.1) is 0 Å². The number of pyridine rings is 1. The van der Waals surface area contributed by atoms with Gasteiger partial charge in [-0.25, -0.2) is 14.8 Å². The van der Waals surface area contributed by atoms with Gasteiger partial charge in [-0.2, -0.15) is 0 Å². The molecular weight excluding hydrogens is 316 g/mol. The Labute approximate surface area is 140 Å². The normalized spacial score (nSPS) is 13.1. The molecule has 1 aliphatic rings. The van der Waals surface area contributed by atoms with Crippen molar-refractivity contribution in [1.29, 1.82) is 0 Å². The van der Waals surface area contributed by atoms with Gasteiger partial charge in [-0.1, -0.05) is 6.07 Å². The molecule has 0 unspecified atom stereocenters. The molecule has 2 N–H and O–H groups in total. The molecule has 0 atom stereocenters. The van der Waals surface area contributed by atoms with Crippen molar-refractivity contribution >= 4 is 24.2 Å². The summed E-state index contributed by atoms with van der Waals surface area (Å²) in [6.45, 7) is 3.25. The van der Waals surface area contributed by atoms with Crippen molar-refractivity contribution in [3.8, 4) is 11.5 Å². The predicted octanol–water partition coefficient (Wildman–Crippen LogP) is 2.72. The lowest BCUT2D eigenvalue weighted by Crippen LogP contribution is -2.40. The first-order valence-electron chi connectivity index (χ1n) is 7.30. The van der Waals surface area contributed by atoms with Crippen LogP contribution < -0.4 is 5.32 Å². The Kier molecular flexibility index (Phi) is 4.85. The monoisotopic (exact) mass is 334 g/mol. The zero-order valence-electron chi connectivity index (χ0n) is 13.0. The standard InChI is InChI=1S/C16H18N4O2.ClH/c1-16(2,15(21)22)20-13-10-6-5-8-11(10)18-14(19-13)12-7-3-4-9-17-12;/h3-4,7,9H,5-6,8H2,1-2H3,(H,21,22)(H,18,19,20);1H. The second kappa shape index (κ2) is 6.50. The van der Waals surface area contributed by atoms with E-state index in [9.17, 15) is 9.90 Å². The number of fused-ring (bicyclic) bond motifs is 1. The maximum Gasteiger partial charge on any atom is 0.328 e. The minimum atomic E-state index is -1.09. The zero-order chi connectivity index (χ0) is 15.7. The quantitative estimate of drug-likeness (QED) is 0.893. The summed E-state index contributed by atoms with van der Waals surface area (Å²) >= 11 is 0. The molecule has 7 heteroatoms. The number of aryl methyl sites for hydroxylation is 1. The lowest BCUT2D eigenvalue weighted by molar-refractivity contribution is -0.141. The molecule has 0 spiro atoms. The third-order valence-corrected chi connectivity index (χ3v) is 3.79. The van der Waals surface area contributed by atoms with E-state index in [0.29, 0.717) is 17.3 Å². The second-order valence-electron chi connectivity index (χ2n) is 5.94. The third kappa shape index (κ3) is 3.42. The Morgan fingerprint density at radius 2 is 2.04 bits per heavy atom. The van der Waals surface area contributed by atoms with Crippen LogP contribution in [0.5, 0.6) is 0 Å². The largest absolute Gasteiger partial charge is 0.480 e. The average Bonchev–Trinajstić information content (AvgIpc) is 2.96. The molecule has 0 fully saturated rings. The van der Waals surface area contributed by atoms with Crippen LogP contribution in [0.15, 0.2) is 24.4 Å². The van der Waals surface area contributed by atoms with Crippen molar-refractivity contribution in [2.45, 2.75) is 38.6 Å². The van der Waals surface area contributed by atoms with Crippen LogP contribution in [0.2, 0.25) is 0 Å². The first-order chi connectivity index (χ1) is 10.5. The minimum Gasteiger partial charge on any atom is -0.480 e. The summed E-state index contributed by atoms with van der Waals surface area (Å²) in [4.78, 5) is 24.8. The van der Waals surface area contributed by atoms with Crippen molar-refractivity contribution in [2.24, 2.45) is 0 Å². The summed E-state index contributed by atoms with van der Waals surface area (Å²) < 4.78 is 0. The highest BCUT2D eigenvalue weighted by atomic mass is 35.5. The topological polar surface area (TPSA) is 88.0 Å². The van der Waals surface area contributed by atoms with Gasteiger partial charge < -0.3 is 10.4 Å².